The lowest BCUT2D eigenvalue weighted by atomic mass is 10.0. The number of carbonyl (C=O) groups excluding carboxylic acids is 5. The number of hydrogen-bond donors (Lipinski definition) is 8. The number of primary amides is 1. The van der Waals surface area contributed by atoms with Crippen LogP contribution in [-0.4, -0.2) is 78.4 Å². The van der Waals surface area contributed by atoms with E-state index in [9.17, 15) is 33.9 Å². The summed E-state index contributed by atoms with van der Waals surface area (Å²) < 4.78 is 0. The molecule has 0 heterocycles. The van der Waals surface area contributed by atoms with Crippen LogP contribution in [-0.2, 0) is 28.8 Å². The molecule has 0 saturated carbocycles. The van der Waals surface area contributed by atoms with Crippen molar-refractivity contribution in [3.05, 3.63) is 0 Å². The van der Waals surface area contributed by atoms with Crippen LogP contribution in [0.3, 0.4) is 0 Å². The number of aliphatic carboxylic acids is 1. The van der Waals surface area contributed by atoms with Gasteiger partial charge < -0.3 is 43.6 Å². The van der Waals surface area contributed by atoms with Gasteiger partial charge in [-0.1, -0.05) is 13.8 Å². The number of carboxylic acid groups (broad SMARTS) is 1. The third-order valence-corrected chi connectivity index (χ3v) is 4.54. The lowest BCUT2D eigenvalue weighted by Gasteiger charge is -2.20. The molecule has 0 aromatic rings. The van der Waals surface area contributed by atoms with E-state index in [1.807, 2.05) is 13.8 Å². The van der Waals surface area contributed by atoms with Gasteiger partial charge in [0, 0.05) is 0 Å². The fourth-order valence-corrected chi connectivity index (χ4v) is 2.84. The van der Waals surface area contributed by atoms with Crippen molar-refractivity contribution in [2.75, 3.05) is 19.6 Å². The largest absolute Gasteiger partial charge is 0.480 e. The number of carboxylic acids is 1. The van der Waals surface area contributed by atoms with Gasteiger partial charge in [0.25, 0.3) is 0 Å². The van der Waals surface area contributed by atoms with Gasteiger partial charge in [-0.25, -0.2) is 4.79 Å². The summed E-state index contributed by atoms with van der Waals surface area (Å²) in [5.74, 6) is -4.73. The van der Waals surface area contributed by atoms with Crippen molar-refractivity contribution >= 4 is 35.5 Å². The molecular weight excluding hydrogens is 450 g/mol. The molecule has 0 radical (unpaired) electrons. The normalized spacial score (nSPS) is 13.3. The highest BCUT2D eigenvalue weighted by molar-refractivity contribution is 5.93. The molecule has 194 valence electrons. The Labute approximate surface area is 198 Å². The van der Waals surface area contributed by atoms with Gasteiger partial charge in [0.05, 0.1) is 25.6 Å². The molecule has 0 aliphatic rings. The van der Waals surface area contributed by atoms with E-state index in [2.05, 4.69) is 21.3 Å². The van der Waals surface area contributed by atoms with Crippen molar-refractivity contribution < 1.29 is 33.9 Å². The van der Waals surface area contributed by atoms with Gasteiger partial charge in [-0.3, -0.25) is 24.0 Å². The highest BCUT2D eigenvalue weighted by atomic mass is 16.4. The van der Waals surface area contributed by atoms with E-state index in [0.717, 1.165) is 0 Å². The number of carbonyl (C=O) groups is 6. The molecule has 0 saturated heterocycles. The predicted octanol–water partition coefficient (Wildman–Crippen LogP) is -3.35. The van der Waals surface area contributed by atoms with Gasteiger partial charge in [-0.2, -0.15) is 0 Å². The van der Waals surface area contributed by atoms with E-state index >= 15 is 0 Å². The van der Waals surface area contributed by atoms with Crippen molar-refractivity contribution in [3.63, 3.8) is 0 Å². The number of rotatable bonds is 17. The van der Waals surface area contributed by atoms with Gasteiger partial charge >= 0.3 is 5.97 Å². The minimum atomic E-state index is -1.21. The van der Waals surface area contributed by atoms with Crippen molar-refractivity contribution in [2.45, 2.75) is 64.1 Å². The number of hydrogen-bond acceptors (Lipinski definition) is 8. The van der Waals surface area contributed by atoms with E-state index in [1.165, 1.54) is 0 Å². The van der Waals surface area contributed by atoms with Gasteiger partial charge in [-0.15, -0.1) is 0 Å². The second-order valence-electron chi connectivity index (χ2n) is 8.20. The van der Waals surface area contributed by atoms with Crippen LogP contribution in [0.15, 0.2) is 0 Å². The van der Waals surface area contributed by atoms with E-state index in [4.69, 9.17) is 17.2 Å². The summed E-state index contributed by atoms with van der Waals surface area (Å²) in [6, 6.07) is -3.32. The van der Waals surface area contributed by atoms with Gasteiger partial charge in [0.15, 0.2) is 0 Å². The smallest absolute Gasteiger partial charge is 0.326 e. The van der Waals surface area contributed by atoms with Crippen molar-refractivity contribution in [1.82, 2.24) is 21.3 Å². The molecule has 0 fully saturated rings. The van der Waals surface area contributed by atoms with Crippen LogP contribution in [0.4, 0.5) is 0 Å². The van der Waals surface area contributed by atoms with Gasteiger partial charge in [-0.05, 0) is 38.1 Å². The van der Waals surface area contributed by atoms with Crippen LogP contribution in [0.1, 0.15) is 46.0 Å². The fourth-order valence-electron chi connectivity index (χ4n) is 2.84. The van der Waals surface area contributed by atoms with Crippen LogP contribution in [0.2, 0.25) is 0 Å². The number of unbranched alkanes of at least 4 members (excludes halogenated alkanes) is 1. The molecule has 0 spiro atoms. The first-order valence-corrected chi connectivity index (χ1v) is 11.0. The van der Waals surface area contributed by atoms with Crippen LogP contribution >= 0.6 is 0 Å². The molecule has 11 N–H and O–H groups in total. The first kappa shape index (κ1) is 30.7. The van der Waals surface area contributed by atoms with E-state index in [-0.39, 0.29) is 25.2 Å². The number of nitrogens with two attached hydrogens (primary N) is 3. The summed E-state index contributed by atoms with van der Waals surface area (Å²) in [7, 11) is 0. The molecule has 0 unspecified atom stereocenters. The third kappa shape index (κ3) is 14.0. The van der Waals surface area contributed by atoms with E-state index in [1.54, 1.807) is 0 Å². The summed E-state index contributed by atoms with van der Waals surface area (Å²) in [6.45, 7) is 3.02. The first-order chi connectivity index (χ1) is 15.9. The van der Waals surface area contributed by atoms with Crippen molar-refractivity contribution in [3.8, 4) is 0 Å². The summed E-state index contributed by atoms with van der Waals surface area (Å²) >= 11 is 0. The van der Waals surface area contributed by atoms with Crippen molar-refractivity contribution in [1.29, 1.82) is 0 Å². The molecule has 5 amide bonds. The van der Waals surface area contributed by atoms with Crippen LogP contribution < -0.4 is 38.5 Å². The summed E-state index contributed by atoms with van der Waals surface area (Å²) in [6.07, 6.45) is 1.15. The Kier molecular flexibility index (Phi) is 14.8. The molecule has 14 heteroatoms. The topological polar surface area (TPSA) is 249 Å². The summed E-state index contributed by atoms with van der Waals surface area (Å²) in [4.78, 5) is 70.7. The first-order valence-electron chi connectivity index (χ1n) is 11.0. The average molecular weight is 488 g/mol. The van der Waals surface area contributed by atoms with Gasteiger partial charge in [0.1, 0.15) is 12.1 Å². The van der Waals surface area contributed by atoms with E-state index < -0.39 is 66.7 Å². The maximum absolute atomic E-state index is 12.5. The maximum atomic E-state index is 12.5. The molecule has 0 aliphatic carbocycles. The zero-order valence-corrected chi connectivity index (χ0v) is 19.6. The average Bonchev–Trinajstić information content (AvgIpc) is 2.73. The quantitative estimate of drug-likeness (QED) is 0.0953. The molecule has 14 nitrogen and oxygen atoms in total. The molecular formula is C20H37N7O7. The molecule has 3 atom stereocenters. The molecule has 0 aliphatic heterocycles. The van der Waals surface area contributed by atoms with Crippen LogP contribution in [0.5, 0.6) is 0 Å². The lowest BCUT2D eigenvalue weighted by Crippen LogP contribution is -2.53. The number of nitrogens with one attached hydrogen (secondary N) is 4. The SMILES string of the molecule is CC(C)C[C@H](NC(=O)CNC(=O)[C@H](CCCCN)NC(=O)CNC(=O)[C@@H](N)CC(N)=O)C(=O)O. The zero-order chi connectivity index (χ0) is 26.3. The standard InChI is InChI=1S/C20H37N7O7/c1-11(2)7-14(20(33)34)27-17(30)10-25-19(32)13(5-3-4-6-21)26-16(29)9-24-18(31)12(22)8-15(23)28/h11-14H,3-10,21-22H2,1-2H3,(H2,23,28)(H,24,31)(H,25,32)(H,26,29)(H,27,30)(H,33,34)/t12-,13-,14-/m0/s1. The Hall–Kier alpha value is -3.26. The Morgan fingerprint density at radius 2 is 1.38 bits per heavy atom. The van der Waals surface area contributed by atoms with Crippen LogP contribution in [0.25, 0.3) is 0 Å². The van der Waals surface area contributed by atoms with Crippen LogP contribution in [0, 0.1) is 5.92 Å². The predicted molar refractivity (Wildman–Crippen MR) is 122 cm³/mol. The summed E-state index contributed by atoms with van der Waals surface area (Å²) in [5.41, 5.74) is 15.9. The zero-order valence-electron chi connectivity index (χ0n) is 19.6. The molecule has 0 bridgehead atoms. The fraction of sp³-hybridized carbons (Fsp3) is 0.700. The minimum Gasteiger partial charge on any atom is -0.480 e. The Morgan fingerprint density at radius 1 is 0.853 bits per heavy atom. The second kappa shape index (κ2) is 16.4. The molecule has 0 aromatic carbocycles. The second-order valence-corrected chi connectivity index (χ2v) is 8.20. The number of amides is 5. The molecule has 0 aromatic heterocycles. The Balaban J connectivity index is 4.84. The summed E-state index contributed by atoms with van der Waals surface area (Å²) in [5, 5.41) is 18.6. The molecule has 0 rings (SSSR count). The Morgan fingerprint density at radius 3 is 1.85 bits per heavy atom. The maximum Gasteiger partial charge on any atom is 0.326 e. The lowest BCUT2D eigenvalue weighted by molar-refractivity contribution is -0.142. The highest BCUT2D eigenvalue weighted by Gasteiger charge is 2.24. The Bertz CT molecular complexity index is 730. The molecule has 34 heavy (non-hydrogen) atoms. The minimum absolute atomic E-state index is 0.0314. The monoisotopic (exact) mass is 487 g/mol. The van der Waals surface area contributed by atoms with E-state index in [0.29, 0.717) is 19.4 Å². The highest BCUT2D eigenvalue weighted by Crippen LogP contribution is 2.05. The van der Waals surface area contributed by atoms with Gasteiger partial charge in [0.2, 0.25) is 29.5 Å². The van der Waals surface area contributed by atoms with Crippen molar-refractivity contribution in [2.24, 2.45) is 23.1 Å². The third-order valence-electron chi connectivity index (χ3n) is 4.54.